The molecule has 1 N–H and O–H groups in total. The summed E-state index contributed by atoms with van der Waals surface area (Å²) in [6.45, 7) is 8.54. The van der Waals surface area contributed by atoms with Gasteiger partial charge < -0.3 is 5.32 Å². The zero-order chi connectivity index (χ0) is 12.8. The summed E-state index contributed by atoms with van der Waals surface area (Å²) in [6, 6.07) is 1.56. The lowest BCUT2D eigenvalue weighted by atomic mass is 9.99. The summed E-state index contributed by atoms with van der Waals surface area (Å²) in [5.41, 5.74) is 0. The van der Waals surface area contributed by atoms with E-state index in [0.717, 1.165) is 18.0 Å². The van der Waals surface area contributed by atoms with Crippen LogP contribution in [0.15, 0.2) is 0 Å². The van der Waals surface area contributed by atoms with Crippen LogP contribution >= 0.6 is 0 Å². The monoisotopic (exact) mass is 252 g/mol. The van der Waals surface area contributed by atoms with Crippen LogP contribution in [0.25, 0.3) is 0 Å². The summed E-state index contributed by atoms with van der Waals surface area (Å²) in [7, 11) is 0. The van der Waals surface area contributed by atoms with Gasteiger partial charge in [0, 0.05) is 31.7 Å². The topological polar surface area (TPSA) is 15.3 Å². The molecular weight excluding hydrogens is 220 g/mol. The summed E-state index contributed by atoms with van der Waals surface area (Å²) in [5, 5.41) is 3.77. The number of rotatable bonds is 6. The molecular formula is C16H32N2. The lowest BCUT2D eigenvalue weighted by Gasteiger charge is -2.41. The van der Waals surface area contributed by atoms with E-state index < -0.39 is 0 Å². The number of nitrogens with zero attached hydrogens (tertiary/aromatic N) is 1. The average Bonchev–Trinajstić information content (AvgIpc) is 2.86. The van der Waals surface area contributed by atoms with E-state index in [0.29, 0.717) is 0 Å². The molecule has 1 aliphatic carbocycles. The molecule has 2 heteroatoms. The molecule has 18 heavy (non-hydrogen) atoms. The highest BCUT2D eigenvalue weighted by atomic mass is 15.2. The van der Waals surface area contributed by atoms with Crippen LogP contribution in [0.3, 0.4) is 0 Å². The molecule has 0 aromatic carbocycles. The van der Waals surface area contributed by atoms with E-state index in [9.17, 15) is 0 Å². The summed E-state index contributed by atoms with van der Waals surface area (Å²) < 4.78 is 0. The lowest BCUT2D eigenvalue weighted by molar-refractivity contribution is 0.101. The van der Waals surface area contributed by atoms with E-state index in [2.05, 4.69) is 24.1 Å². The smallest absolute Gasteiger partial charge is 0.0221 e. The van der Waals surface area contributed by atoms with Crippen LogP contribution in [0, 0.1) is 5.92 Å². The Morgan fingerprint density at radius 1 is 1.06 bits per heavy atom. The third kappa shape index (κ3) is 3.96. The van der Waals surface area contributed by atoms with Crippen molar-refractivity contribution in [2.45, 2.75) is 77.3 Å². The average molecular weight is 252 g/mol. The van der Waals surface area contributed by atoms with Gasteiger partial charge in [-0.3, -0.25) is 4.90 Å². The van der Waals surface area contributed by atoms with Crippen LogP contribution in [-0.4, -0.2) is 36.6 Å². The molecule has 1 saturated heterocycles. The first-order chi connectivity index (χ1) is 8.83. The van der Waals surface area contributed by atoms with Gasteiger partial charge in [0.2, 0.25) is 0 Å². The molecule has 2 fully saturated rings. The molecule has 0 amide bonds. The molecule has 0 bridgehead atoms. The molecule has 2 rings (SSSR count). The molecule has 1 aliphatic heterocycles. The maximum Gasteiger partial charge on any atom is 0.0221 e. The highest BCUT2D eigenvalue weighted by Gasteiger charge is 2.29. The molecule has 2 unspecified atom stereocenters. The molecule has 2 nitrogen and oxygen atoms in total. The molecule has 0 aromatic rings. The molecule has 0 radical (unpaired) electrons. The van der Waals surface area contributed by atoms with E-state index in [4.69, 9.17) is 0 Å². The van der Waals surface area contributed by atoms with Crippen molar-refractivity contribution >= 4 is 0 Å². The summed E-state index contributed by atoms with van der Waals surface area (Å²) in [6.07, 6.45) is 11.3. The quantitative estimate of drug-likeness (QED) is 0.779. The van der Waals surface area contributed by atoms with Gasteiger partial charge in [0.05, 0.1) is 0 Å². The second kappa shape index (κ2) is 7.49. The first kappa shape index (κ1) is 14.3. The normalized spacial score (nSPS) is 31.0. The highest BCUT2D eigenvalue weighted by molar-refractivity contribution is 4.87. The van der Waals surface area contributed by atoms with Crippen LogP contribution in [0.1, 0.15) is 65.2 Å². The molecule has 0 aromatic heterocycles. The Balaban J connectivity index is 1.86. The van der Waals surface area contributed by atoms with E-state index >= 15 is 0 Å². The zero-order valence-electron chi connectivity index (χ0n) is 12.5. The molecule has 106 valence electrons. The van der Waals surface area contributed by atoms with Gasteiger partial charge in [0.25, 0.3) is 0 Å². The van der Waals surface area contributed by atoms with Crippen LogP contribution in [-0.2, 0) is 0 Å². The molecule has 1 saturated carbocycles. The fraction of sp³-hybridized carbons (Fsp3) is 1.00. The van der Waals surface area contributed by atoms with E-state index in [1.165, 1.54) is 71.0 Å². The van der Waals surface area contributed by atoms with Crippen LogP contribution in [0.2, 0.25) is 0 Å². The van der Waals surface area contributed by atoms with Gasteiger partial charge >= 0.3 is 0 Å². The van der Waals surface area contributed by atoms with Gasteiger partial charge in [-0.2, -0.15) is 0 Å². The maximum absolute atomic E-state index is 3.77. The van der Waals surface area contributed by atoms with Crippen molar-refractivity contribution in [1.82, 2.24) is 10.2 Å². The fourth-order valence-electron chi connectivity index (χ4n) is 3.84. The van der Waals surface area contributed by atoms with Crippen LogP contribution in [0.5, 0.6) is 0 Å². The molecule has 1 heterocycles. The van der Waals surface area contributed by atoms with Crippen LogP contribution < -0.4 is 5.32 Å². The SMILES string of the molecule is CCCC1CN(CC2CCCC2)C(CCC)CN1. The zero-order valence-corrected chi connectivity index (χ0v) is 12.5. The first-order valence-electron chi connectivity index (χ1n) is 8.30. The van der Waals surface area contributed by atoms with Crippen molar-refractivity contribution < 1.29 is 0 Å². The second-order valence-electron chi connectivity index (χ2n) is 6.44. The van der Waals surface area contributed by atoms with Gasteiger partial charge in [0.15, 0.2) is 0 Å². The fourth-order valence-corrected chi connectivity index (χ4v) is 3.84. The van der Waals surface area contributed by atoms with Crippen molar-refractivity contribution in [1.29, 1.82) is 0 Å². The minimum Gasteiger partial charge on any atom is -0.311 e. The predicted octanol–water partition coefficient (Wildman–Crippen LogP) is 3.42. The highest BCUT2D eigenvalue weighted by Crippen LogP contribution is 2.27. The number of hydrogen-bond acceptors (Lipinski definition) is 2. The number of piperazine rings is 1. The Bertz CT molecular complexity index is 223. The molecule has 0 spiro atoms. The Morgan fingerprint density at radius 3 is 2.44 bits per heavy atom. The van der Waals surface area contributed by atoms with Crippen molar-refractivity contribution in [3.8, 4) is 0 Å². The van der Waals surface area contributed by atoms with Crippen molar-refractivity contribution in [3.63, 3.8) is 0 Å². The lowest BCUT2D eigenvalue weighted by Crippen LogP contribution is -2.57. The standard InChI is InChI=1S/C16H32N2/c1-3-7-15-13-18(12-14-9-5-6-10-14)16(8-4-2)11-17-15/h14-17H,3-13H2,1-2H3. The van der Waals surface area contributed by atoms with Gasteiger partial charge in [0.1, 0.15) is 0 Å². The van der Waals surface area contributed by atoms with Gasteiger partial charge in [-0.15, -0.1) is 0 Å². The minimum atomic E-state index is 0.754. The number of nitrogens with one attached hydrogen (secondary N) is 1. The minimum absolute atomic E-state index is 0.754. The maximum atomic E-state index is 3.77. The van der Waals surface area contributed by atoms with Gasteiger partial charge in [-0.05, 0) is 31.6 Å². The second-order valence-corrected chi connectivity index (χ2v) is 6.44. The molecule has 2 aliphatic rings. The summed E-state index contributed by atoms with van der Waals surface area (Å²) in [5.74, 6) is 1.00. The van der Waals surface area contributed by atoms with Crippen molar-refractivity contribution in [2.75, 3.05) is 19.6 Å². The Morgan fingerprint density at radius 2 is 1.78 bits per heavy atom. The Kier molecular flexibility index (Phi) is 5.97. The molecule has 2 atom stereocenters. The van der Waals surface area contributed by atoms with Crippen LogP contribution in [0.4, 0.5) is 0 Å². The van der Waals surface area contributed by atoms with Crippen molar-refractivity contribution in [3.05, 3.63) is 0 Å². The number of hydrogen-bond donors (Lipinski definition) is 1. The third-order valence-electron chi connectivity index (χ3n) is 4.84. The van der Waals surface area contributed by atoms with Gasteiger partial charge in [-0.1, -0.05) is 39.5 Å². The largest absolute Gasteiger partial charge is 0.311 e. The predicted molar refractivity (Wildman–Crippen MR) is 78.9 cm³/mol. The summed E-state index contributed by atoms with van der Waals surface area (Å²) >= 11 is 0. The third-order valence-corrected chi connectivity index (χ3v) is 4.84. The van der Waals surface area contributed by atoms with Crippen molar-refractivity contribution in [2.24, 2.45) is 5.92 Å². The van der Waals surface area contributed by atoms with E-state index in [-0.39, 0.29) is 0 Å². The van der Waals surface area contributed by atoms with Gasteiger partial charge in [-0.25, -0.2) is 0 Å². The summed E-state index contributed by atoms with van der Waals surface area (Å²) in [4.78, 5) is 2.83. The Labute approximate surface area is 114 Å². The van der Waals surface area contributed by atoms with E-state index in [1.54, 1.807) is 0 Å². The first-order valence-corrected chi connectivity index (χ1v) is 8.30. The van der Waals surface area contributed by atoms with E-state index in [1.807, 2.05) is 0 Å². The Hall–Kier alpha value is -0.0800.